The van der Waals surface area contributed by atoms with E-state index in [-0.39, 0.29) is 0 Å². The minimum Gasteiger partial charge on any atom is -0.464 e. The van der Waals surface area contributed by atoms with Gasteiger partial charge in [0.05, 0.1) is 20.0 Å². The molecule has 0 saturated carbocycles. The summed E-state index contributed by atoms with van der Waals surface area (Å²) in [7, 11) is 1.31. The van der Waals surface area contributed by atoms with Crippen LogP contribution in [0.1, 0.15) is 18.4 Å². The van der Waals surface area contributed by atoms with Crippen LogP contribution in [0.5, 0.6) is 0 Å². The number of furan rings is 1. The first-order valence-electron chi connectivity index (χ1n) is 6.64. The smallest absolute Gasteiger partial charge is 0.464 e. The van der Waals surface area contributed by atoms with Gasteiger partial charge in [-0.25, -0.2) is 4.79 Å². The van der Waals surface area contributed by atoms with Crippen molar-refractivity contribution < 1.29 is 18.7 Å². The second-order valence-corrected chi connectivity index (χ2v) is 4.40. The first-order chi connectivity index (χ1) is 9.81. The number of carbonyl (C=O) groups excluding carboxylic acids is 1. The second-order valence-electron chi connectivity index (χ2n) is 4.40. The zero-order chi connectivity index (χ0) is 14.2. The number of rotatable bonds is 6. The zero-order valence-corrected chi connectivity index (χ0v) is 11.5. The Bertz CT molecular complexity index is 530. The Labute approximate surface area is 118 Å². The molecule has 0 bridgehead atoms. The van der Waals surface area contributed by atoms with Crippen LogP contribution >= 0.6 is 0 Å². The Kier molecular flexibility index (Phi) is 5.24. The van der Waals surface area contributed by atoms with E-state index in [0.29, 0.717) is 6.61 Å². The van der Waals surface area contributed by atoms with Crippen LogP contribution in [0, 0.1) is 0 Å². The third kappa shape index (κ3) is 3.88. The van der Waals surface area contributed by atoms with Gasteiger partial charge < -0.3 is 13.9 Å². The van der Waals surface area contributed by atoms with E-state index in [9.17, 15) is 4.79 Å². The van der Waals surface area contributed by atoms with E-state index in [1.807, 2.05) is 36.4 Å². The van der Waals surface area contributed by atoms with Crippen LogP contribution in [0.3, 0.4) is 0 Å². The molecule has 0 aliphatic carbocycles. The molecule has 0 unspecified atom stereocenters. The lowest BCUT2D eigenvalue weighted by Crippen LogP contribution is -2.05. The lowest BCUT2D eigenvalue weighted by molar-refractivity contribution is 0.0715. The monoisotopic (exact) mass is 274 g/mol. The summed E-state index contributed by atoms with van der Waals surface area (Å²) in [5.41, 5.74) is 2.26. The average Bonchev–Trinajstić information content (AvgIpc) is 2.96. The molecule has 0 spiro atoms. The maximum absolute atomic E-state index is 10.8. The summed E-state index contributed by atoms with van der Waals surface area (Å²) >= 11 is 0. The van der Waals surface area contributed by atoms with Crippen LogP contribution < -0.4 is 0 Å². The molecule has 0 amide bonds. The van der Waals surface area contributed by atoms with Crippen molar-refractivity contribution in [2.45, 2.75) is 19.3 Å². The summed E-state index contributed by atoms with van der Waals surface area (Å²) < 4.78 is 14.8. The van der Waals surface area contributed by atoms with E-state index < -0.39 is 6.16 Å². The third-order valence-corrected chi connectivity index (χ3v) is 3.01. The van der Waals surface area contributed by atoms with E-state index in [1.54, 1.807) is 6.26 Å². The van der Waals surface area contributed by atoms with Gasteiger partial charge in [0, 0.05) is 5.56 Å². The summed E-state index contributed by atoms with van der Waals surface area (Å²) in [5.74, 6) is 0.916. The number of hydrogen-bond acceptors (Lipinski definition) is 4. The molecule has 2 aromatic rings. The van der Waals surface area contributed by atoms with Crippen molar-refractivity contribution in [1.29, 1.82) is 0 Å². The van der Waals surface area contributed by atoms with Gasteiger partial charge in [-0.1, -0.05) is 30.3 Å². The largest absolute Gasteiger partial charge is 0.507 e. The molecule has 1 heterocycles. The molecule has 2 rings (SSSR count). The minimum absolute atomic E-state index is 0.380. The van der Waals surface area contributed by atoms with E-state index in [0.717, 1.165) is 30.6 Å². The molecule has 4 heteroatoms. The quantitative estimate of drug-likeness (QED) is 0.589. The van der Waals surface area contributed by atoms with Crippen LogP contribution in [0.4, 0.5) is 4.79 Å². The molecule has 0 fully saturated rings. The molecule has 0 aliphatic rings. The zero-order valence-electron chi connectivity index (χ0n) is 11.5. The number of aryl methyl sites for hydroxylation is 1. The highest BCUT2D eigenvalue weighted by molar-refractivity contribution is 5.61. The first kappa shape index (κ1) is 14.2. The molecule has 0 radical (unpaired) electrons. The number of hydrogen-bond donors (Lipinski definition) is 0. The highest BCUT2D eigenvalue weighted by Crippen LogP contribution is 2.25. The molecule has 0 N–H and O–H groups in total. The van der Waals surface area contributed by atoms with Crippen molar-refractivity contribution in [1.82, 2.24) is 0 Å². The summed E-state index contributed by atoms with van der Waals surface area (Å²) in [4.78, 5) is 10.8. The van der Waals surface area contributed by atoms with Crippen LogP contribution in [-0.4, -0.2) is 19.9 Å². The predicted molar refractivity (Wildman–Crippen MR) is 75.4 cm³/mol. The van der Waals surface area contributed by atoms with Crippen molar-refractivity contribution in [3.05, 3.63) is 48.2 Å². The fourth-order valence-electron chi connectivity index (χ4n) is 2.01. The Morgan fingerprint density at radius 3 is 2.70 bits per heavy atom. The fourth-order valence-corrected chi connectivity index (χ4v) is 2.01. The third-order valence-electron chi connectivity index (χ3n) is 3.01. The van der Waals surface area contributed by atoms with Gasteiger partial charge in [-0.05, 0) is 30.9 Å². The van der Waals surface area contributed by atoms with Crippen LogP contribution in [-0.2, 0) is 15.9 Å². The molecule has 1 aromatic heterocycles. The van der Waals surface area contributed by atoms with Gasteiger partial charge in [-0.2, -0.15) is 0 Å². The van der Waals surface area contributed by atoms with Crippen LogP contribution in [0.15, 0.2) is 47.1 Å². The van der Waals surface area contributed by atoms with E-state index >= 15 is 0 Å². The first-order valence-corrected chi connectivity index (χ1v) is 6.64. The topological polar surface area (TPSA) is 48.7 Å². The van der Waals surface area contributed by atoms with Gasteiger partial charge in [0.1, 0.15) is 5.76 Å². The summed E-state index contributed by atoms with van der Waals surface area (Å²) in [5, 5.41) is 0. The molecule has 1 aromatic carbocycles. The maximum atomic E-state index is 10.8. The van der Waals surface area contributed by atoms with Crippen molar-refractivity contribution in [2.75, 3.05) is 13.7 Å². The molecular weight excluding hydrogens is 256 g/mol. The van der Waals surface area contributed by atoms with E-state index in [1.165, 1.54) is 12.7 Å². The van der Waals surface area contributed by atoms with Crippen LogP contribution in [0.25, 0.3) is 11.3 Å². The molecule has 0 saturated heterocycles. The molecule has 0 aliphatic heterocycles. The van der Waals surface area contributed by atoms with E-state index in [2.05, 4.69) is 4.74 Å². The number of benzene rings is 1. The second kappa shape index (κ2) is 7.38. The van der Waals surface area contributed by atoms with Gasteiger partial charge >= 0.3 is 6.16 Å². The number of ether oxygens (including phenoxy) is 2. The Morgan fingerprint density at radius 2 is 1.95 bits per heavy atom. The van der Waals surface area contributed by atoms with Crippen molar-refractivity contribution in [3.8, 4) is 11.3 Å². The van der Waals surface area contributed by atoms with Gasteiger partial charge in [0.25, 0.3) is 0 Å². The van der Waals surface area contributed by atoms with Gasteiger partial charge in [0.15, 0.2) is 0 Å². The summed E-state index contributed by atoms with van der Waals surface area (Å²) in [6.45, 7) is 0.380. The van der Waals surface area contributed by atoms with E-state index in [4.69, 9.17) is 9.15 Å². The SMILES string of the molecule is COC(=O)OCCCCc1ccoc1-c1ccccc1. The molecule has 4 nitrogen and oxygen atoms in total. The van der Waals surface area contributed by atoms with Crippen LogP contribution in [0.2, 0.25) is 0 Å². The standard InChI is InChI=1S/C16H18O4/c1-18-16(17)20-11-6-5-9-14-10-12-19-15(14)13-7-3-2-4-8-13/h2-4,7-8,10,12H,5-6,9,11H2,1H3. The Morgan fingerprint density at radius 1 is 1.15 bits per heavy atom. The van der Waals surface area contributed by atoms with Gasteiger partial charge in [-0.15, -0.1) is 0 Å². The fraction of sp³-hybridized carbons (Fsp3) is 0.312. The highest BCUT2D eigenvalue weighted by atomic mass is 16.7. The minimum atomic E-state index is -0.627. The number of unbranched alkanes of at least 4 members (excludes halogenated alkanes) is 1. The maximum Gasteiger partial charge on any atom is 0.507 e. The molecular formula is C16H18O4. The molecule has 106 valence electrons. The normalized spacial score (nSPS) is 10.2. The van der Waals surface area contributed by atoms with Gasteiger partial charge in [0.2, 0.25) is 0 Å². The van der Waals surface area contributed by atoms with Crippen molar-refractivity contribution >= 4 is 6.16 Å². The van der Waals surface area contributed by atoms with Crippen molar-refractivity contribution in [3.63, 3.8) is 0 Å². The lowest BCUT2D eigenvalue weighted by atomic mass is 10.0. The number of methoxy groups -OCH3 is 1. The Hall–Kier alpha value is -2.23. The average molecular weight is 274 g/mol. The lowest BCUT2D eigenvalue weighted by Gasteiger charge is -2.04. The number of carbonyl (C=O) groups is 1. The van der Waals surface area contributed by atoms with Gasteiger partial charge in [-0.3, -0.25) is 0 Å². The van der Waals surface area contributed by atoms with Crippen molar-refractivity contribution in [2.24, 2.45) is 0 Å². The summed E-state index contributed by atoms with van der Waals surface area (Å²) in [6, 6.07) is 12.0. The molecule has 0 atom stereocenters. The Balaban J connectivity index is 1.83. The highest BCUT2D eigenvalue weighted by Gasteiger charge is 2.08. The molecule has 20 heavy (non-hydrogen) atoms. The predicted octanol–water partition coefficient (Wildman–Crippen LogP) is 4.05. The summed E-state index contributed by atoms with van der Waals surface area (Å²) in [6.07, 6.45) is 3.71.